The maximum absolute atomic E-state index is 12.7. The van der Waals surface area contributed by atoms with Gasteiger partial charge in [-0.3, -0.25) is 0 Å². The molecule has 0 radical (unpaired) electrons. The molecule has 0 bridgehead atoms. The Labute approximate surface area is 124 Å². The van der Waals surface area contributed by atoms with Gasteiger partial charge in [0.1, 0.15) is 0 Å². The molecule has 1 aliphatic rings. The molecule has 0 saturated heterocycles. The molecule has 0 amide bonds. The molecular formula is C13H12Cl2F3NO. The molecule has 0 spiro atoms. The zero-order valence-electron chi connectivity index (χ0n) is 10.8. The van der Waals surface area contributed by atoms with Crippen molar-refractivity contribution < 1.29 is 18.0 Å². The SMILES string of the molecule is CC(C)C1=NOC(c2c(Cl)cc(C(F)(F)F)cc2Cl)C1. The second-order valence-electron chi connectivity index (χ2n) is 4.89. The Morgan fingerprint density at radius 1 is 1.25 bits per heavy atom. The quantitative estimate of drug-likeness (QED) is 0.704. The van der Waals surface area contributed by atoms with E-state index in [0.29, 0.717) is 12.0 Å². The van der Waals surface area contributed by atoms with Crippen molar-refractivity contribution in [2.24, 2.45) is 11.1 Å². The lowest BCUT2D eigenvalue weighted by Crippen LogP contribution is -2.09. The minimum atomic E-state index is -4.48. The van der Waals surface area contributed by atoms with Gasteiger partial charge >= 0.3 is 6.18 Å². The van der Waals surface area contributed by atoms with Crippen LogP contribution in [0.5, 0.6) is 0 Å². The Balaban J connectivity index is 2.31. The number of benzene rings is 1. The van der Waals surface area contributed by atoms with Crippen LogP contribution in [-0.2, 0) is 11.0 Å². The van der Waals surface area contributed by atoms with Gasteiger partial charge in [-0.05, 0) is 18.1 Å². The Bertz CT molecular complexity index is 532. The van der Waals surface area contributed by atoms with E-state index in [4.69, 9.17) is 28.0 Å². The minimum Gasteiger partial charge on any atom is -0.387 e. The summed E-state index contributed by atoms with van der Waals surface area (Å²) in [6.45, 7) is 3.92. The van der Waals surface area contributed by atoms with Crippen LogP contribution in [0.3, 0.4) is 0 Å². The Hall–Kier alpha value is -0.940. The second kappa shape index (κ2) is 5.45. The van der Waals surface area contributed by atoms with Crippen molar-refractivity contribution in [3.05, 3.63) is 33.3 Å². The van der Waals surface area contributed by atoms with Crippen LogP contribution in [0.2, 0.25) is 10.0 Å². The summed E-state index contributed by atoms with van der Waals surface area (Å²) < 4.78 is 38.0. The van der Waals surface area contributed by atoms with Crippen LogP contribution in [-0.4, -0.2) is 5.71 Å². The minimum absolute atomic E-state index is 0.0602. The van der Waals surface area contributed by atoms with Crippen LogP contribution in [0, 0.1) is 5.92 Å². The van der Waals surface area contributed by atoms with Crippen LogP contribution < -0.4 is 0 Å². The normalized spacial score (nSPS) is 19.2. The van der Waals surface area contributed by atoms with E-state index in [0.717, 1.165) is 17.8 Å². The maximum Gasteiger partial charge on any atom is 0.416 e. The number of oxime groups is 1. The monoisotopic (exact) mass is 325 g/mol. The third kappa shape index (κ3) is 3.04. The number of hydrogen-bond acceptors (Lipinski definition) is 2. The number of nitrogens with zero attached hydrogens (tertiary/aromatic N) is 1. The van der Waals surface area contributed by atoms with Gasteiger partial charge < -0.3 is 4.84 Å². The van der Waals surface area contributed by atoms with Gasteiger partial charge in [0.15, 0.2) is 6.10 Å². The van der Waals surface area contributed by atoms with Crippen molar-refractivity contribution in [3.8, 4) is 0 Å². The third-order valence-electron chi connectivity index (χ3n) is 3.09. The molecule has 1 aliphatic heterocycles. The molecule has 0 aromatic heterocycles. The van der Waals surface area contributed by atoms with E-state index in [1.54, 1.807) is 0 Å². The summed E-state index contributed by atoms with van der Waals surface area (Å²) in [6, 6.07) is 1.72. The molecule has 0 fully saturated rings. The predicted molar refractivity (Wildman–Crippen MR) is 72.2 cm³/mol. The molecule has 0 aliphatic carbocycles. The van der Waals surface area contributed by atoms with E-state index >= 15 is 0 Å². The highest BCUT2D eigenvalue weighted by Gasteiger charge is 2.34. The molecule has 0 N–H and O–H groups in total. The third-order valence-corrected chi connectivity index (χ3v) is 3.71. The molecule has 2 rings (SSSR count). The number of hydrogen-bond donors (Lipinski definition) is 0. The van der Waals surface area contributed by atoms with E-state index in [1.807, 2.05) is 13.8 Å². The lowest BCUT2D eigenvalue weighted by Gasteiger charge is -2.15. The fourth-order valence-electron chi connectivity index (χ4n) is 1.95. The summed E-state index contributed by atoms with van der Waals surface area (Å²) in [7, 11) is 0. The zero-order chi connectivity index (χ0) is 15.1. The van der Waals surface area contributed by atoms with Crippen LogP contribution >= 0.6 is 23.2 Å². The van der Waals surface area contributed by atoms with E-state index in [-0.39, 0.29) is 16.0 Å². The first kappa shape index (κ1) is 15.4. The fourth-order valence-corrected chi connectivity index (χ4v) is 2.68. The van der Waals surface area contributed by atoms with Gasteiger partial charge in [0.05, 0.1) is 11.3 Å². The van der Waals surface area contributed by atoms with Gasteiger partial charge in [-0.2, -0.15) is 13.2 Å². The lowest BCUT2D eigenvalue weighted by atomic mass is 9.98. The summed E-state index contributed by atoms with van der Waals surface area (Å²) >= 11 is 11.9. The summed E-state index contributed by atoms with van der Waals surface area (Å²) in [5.41, 5.74) is 0.307. The highest BCUT2D eigenvalue weighted by Crippen LogP contribution is 2.41. The first-order valence-corrected chi connectivity index (χ1v) is 6.74. The molecule has 1 atom stereocenters. The van der Waals surface area contributed by atoms with Crippen molar-refractivity contribution in [2.45, 2.75) is 32.5 Å². The summed E-state index contributed by atoms with van der Waals surface area (Å²) in [5.74, 6) is 0.201. The van der Waals surface area contributed by atoms with Crippen LogP contribution in [0.4, 0.5) is 13.2 Å². The van der Waals surface area contributed by atoms with Crippen LogP contribution in [0.15, 0.2) is 17.3 Å². The maximum atomic E-state index is 12.7. The number of rotatable bonds is 2. The standard InChI is InChI=1S/C13H12Cl2F3NO/c1-6(2)10-5-11(20-19-10)12-8(14)3-7(4-9(12)15)13(16,17)18/h3-4,6,11H,5H2,1-2H3. The van der Waals surface area contributed by atoms with Gasteiger partial charge in [0, 0.05) is 22.0 Å². The Morgan fingerprint density at radius 3 is 2.20 bits per heavy atom. The van der Waals surface area contributed by atoms with Crippen molar-refractivity contribution in [1.29, 1.82) is 0 Å². The van der Waals surface area contributed by atoms with E-state index in [9.17, 15) is 13.2 Å². The first-order chi connectivity index (χ1) is 9.20. The molecular weight excluding hydrogens is 314 g/mol. The molecule has 1 aromatic carbocycles. The average Bonchev–Trinajstić information content (AvgIpc) is 2.76. The fraction of sp³-hybridized carbons (Fsp3) is 0.462. The van der Waals surface area contributed by atoms with Gasteiger partial charge in [0.2, 0.25) is 0 Å². The van der Waals surface area contributed by atoms with Crippen molar-refractivity contribution in [3.63, 3.8) is 0 Å². The average molecular weight is 326 g/mol. The van der Waals surface area contributed by atoms with Crippen LogP contribution in [0.25, 0.3) is 0 Å². The molecule has 110 valence electrons. The summed E-state index contributed by atoms with van der Waals surface area (Å²) in [6.07, 6.45) is -4.54. The zero-order valence-corrected chi connectivity index (χ0v) is 12.3. The highest BCUT2D eigenvalue weighted by atomic mass is 35.5. The second-order valence-corrected chi connectivity index (χ2v) is 5.70. The summed E-state index contributed by atoms with van der Waals surface area (Å²) in [5, 5.41) is 3.80. The van der Waals surface area contributed by atoms with Gasteiger partial charge in [-0.25, -0.2) is 0 Å². The van der Waals surface area contributed by atoms with E-state index in [2.05, 4.69) is 5.16 Å². The van der Waals surface area contributed by atoms with Crippen LogP contribution in [0.1, 0.15) is 37.5 Å². The lowest BCUT2D eigenvalue weighted by molar-refractivity contribution is -0.137. The van der Waals surface area contributed by atoms with Crippen molar-refractivity contribution in [1.82, 2.24) is 0 Å². The molecule has 1 unspecified atom stereocenters. The number of alkyl halides is 3. The molecule has 2 nitrogen and oxygen atoms in total. The van der Waals surface area contributed by atoms with Gasteiger partial charge in [0.25, 0.3) is 0 Å². The predicted octanol–water partition coefficient (Wildman–Crippen LogP) is 5.49. The molecule has 0 saturated carbocycles. The highest BCUT2D eigenvalue weighted by molar-refractivity contribution is 6.36. The van der Waals surface area contributed by atoms with Crippen molar-refractivity contribution in [2.75, 3.05) is 0 Å². The van der Waals surface area contributed by atoms with E-state index in [1.165, 1.54) is 0 Å². The Morgan fingerprint density at radius 2 is 1.80 bits per heavy atom. The largest absolute Gasteiger partial charge is 0.416 e. The molecule has 7 heteroatoms. The summed E-state index contributed by atoms with van der Waals surface area (Å²) in [4.78, 5) is 5.24. The van der Waals surface area contributed by atoms with Gasteiger partial charge in [-0.15, -0.1) is 0 Å². The Kier molecular flexibility index (Phi) is 4.21. The topological polar surface area (TPSA) is 21.6 Å². The molecule has 1 heterocycles. The molecule has 20 heavy (non-hydrogen) atoms. The van der Waals surface area contributed by atoms with E-state index < -0.39 is 17.8 Å². The first-order valence-electron chi connectivity index (χ1n) is 5.99. The molecule has 1 aromatic rings. The van der Waals surface area contributed by atoms with Crippen molar-refractivity contribution >= 4 is 28.9 Å². The smallest absolute Gasteiger partial charge is 0.387 e. The number of halogens is 5. The van der Waals surface area contributed by atoms with Gasteiger partial charge in [-0.1, -0.05) is 42.2 Å².